The van der Waals surface area contributed by atoms with E-state index in [9.17, 15) is 18.5 Å². The summed E-state index contributed by atoms with van der Waals surface area (Å²) in [6.07, 6.45) is 0. The average Bonchev–Trinajstić information content (AvgIpc) is 2.57. The molecule has 8 heteroatoms. The highest BCUT2D eigenvalue weighted by Crippen LogP contribution is 2.21. The van der Waals surface area contributed by atoms with Gasteiger partial charge in [0, 0.05) is 25.7 Å². The van der Waals surface area contributed by atoms with Crippen LogP contribution in [-0.4, -0.2) is 31.3 Å². The lowest BCUT2D eigenvalue weighted by atomic mass is 10.2. The molecule has 0 aliphatic rings. The molecule has 0 fully saturated rings. The highest BCUT2D eigenvalue weighted by molar-refractivity contribution is 7.89. The van der Waals surface area contributed by atoms with Gasteiger partial charge in [-0.05, 0) is 36.8 Å². The van der Waals surface area contributed by atoms with Crippen LogP contribution in [0.15, 0.2) is 53.4 Å². The van der Waals surface area contributed by atoms with Gasteiger partial charge in [-0.2, -0.15) is 4.31 Å². The summed E-state index contributed by atoms with van der Waals surface area (Å²) in [5.41, 5.74) is 0.662. The van der Waals surface area contributed by atoms with Crippen LogP contribution in [0, 0.1) is 10.1 Å². The molecule has 0 saturated heterocycles. The Kier molecular flexibility index (Phi) is 5.53. The fourth-order valence-electron chi connectivity index (χ4n) is 2.12. The number of nitro groups is 1. The van der Waals surface area contributed by atoms with Crippen molar-refractivity contribution >= 4 is 15.7 Å². The fourth-order valence-corrected chi connectivity index (χ4v) is 3.28. The van der Waals surface area contributed by atoms with Crippen LogP contribution >= 0.6 is 0 Å². The van der Waals surface area contributed by atoms with Crippen LogP contribution in [0.2, 0.25) is 0 Å². The molecule has 0 amide bonds. The highest BCUT2D eigenvalue weighted by atomic mass is 32.2. The Bertz CT molecular complexity index is 801. The molecule has 0 radical (unpaired) electrons. The molecule has 0 N–H and O–H groups in total. The van der Waals surface area contributed by atoms with E-state index in [0.29, 0.717) is 6.61 Å². The van der Waals surface area contributed by atoms with Crippen molar-refractivity contribution in [2.75, 3.05) is 13.7 Å². The van der Waals surface area contributed by atoms with Gasteiger partial charge in [0.15, 0.2) is 0 Å². The Labute approximate surface area is 140 Å². The number of hydrogen-bond acceptors (Lipinski definition) is 5. The summed E-state index contributed by atoms with van der Waals surface area (Å²) in [6.45, 7) is 2.64. The molecule has 0 aliphatic heterocycles. The zero-order chi connectivity index (χ0) is 17.7. The third-order valence-corrected chi connectivity index (χ3v) is 5.21. The first-order chi connectivity index (χ1) is 11.3. The number of hydrogen-bond donors (Lipinski definition) is 0. The van der Waals surface area contributed by atoms with E-state index < -0.39 is 14.9 Å². The maximum atomic E-state index is 12.5. The largest absolute Gasteiger partial charge is 0.494 e. The van der Waals surface area contributed by atoms with Crippen molar-refractivity contribution in [3.05, 3.63) is 64.2 Å². The molecule has 0 aliphatic carbocycles. The summed E-state index contributed by atoms with van der Waals surface area (Å²) in [4.78, 5) is 10.1. The van der Waals surface area contributed by atoms with E-state index in [4.69, 9.17) is 4.74 Å². The predicted octanol–water partition coefficient (Wildman–Crippen LogP) is 2.81. The Morgan fingerprint density at radius 2 is 1.67 bits per heavy atom. The lowest BCUT2D eigenvalue weighted by molar-refractivity contribution is -0.384. The van der Waals surface area contributed by atoms with Crippen molar-refractivity contribution in [3.8, 4) is 5.75 Å². The van der Waals surface area contributed by atoms with Gasteiger partial charge in [-0.25, -0.2) is 8.42 Å². The second-order valence-corrected chi connectivity index (χ2v) is 7.13. The summed E-state index contributed by atoms with van der Waals surface area (Å²) >= 11 is 0. The van der Waals surface area contributed by atoms with Gasteiger partial charge in [0.2, 0.25) is 10.0 Å². The number of ether oxygens (including phenoxy) is 1. The van der Waals surface area contributed by atoms with Gasteiger partial charge in [-0.1, -0.05) is 12.1 Å². The van der Waals surface area contributed by atoms with E-state index in [1.54, 1.807) is 24.3 Å². The highest BCUT2D eigenvalue weighted by Gasteiger charge is 2.21. The van der Waals surface area contributed by atoms with Crippen LogP contribution in [0.5, 0.6) is 5.75 Å². The molecular formula is C16H18N2O5S. The number of nitrogens with zero attached hydrogens (tertiary/aromatic N) is 2. The first-order valence-electron chi connectivity index (χ1n) is 7.27. The molecule has 2 rings (SSSR count). The summed E-state index contributed by atoms with van der Waals surface area (Å²) in [7, 11) is -2.26. The molecule has 0 saturated carbocycles. The van der Waals surface area contributed by atoms with E-state index in [1.165, 1.54) is 35.6 Å². The minimum atomic E-state index is -3.72. The van der Waals surface area contributed by atoms with Crippen LogP contribution in [0.25, 0.3) is 0 Å². The van der Waals surface area contributed by atoms with Crippen molar-refractivity contribution in [2.24, 2.45) is 0 Å². The average molecular weight is 350 g/mol. The fraction of sp³-hybridized carbons (Fsp3) is 0.250. The Morgan fingerprint density at radius 3 is 2.17 bits per heavy atom. The number of benzene rings is 2. The van der Waals surface area contributed by atoms with Gasteiger partial charge < -0.3 is 4.74 Å². The maximum absolute atomic E-state index is 12.5. The van der Waals surface area contributed by atoms with Crippen molar-refractivity contribution in [2.45, 2.75) is 18.4 Å². The van der Waals surface area contributed by atoms with Crippen LogP contribution < -0.4 is 4.74 Å². The first kappa shape index (κ1) is 17.9. The monoisotopic (exact) mass is 350 g/mol. The third-order valence-electron chi connectivity index (χ3n) is 3.40. The zero-order valence-corrected chi connectivity index (χ0v) is 14.2. The molecule has 0 aromatic heterocycles. The van der Waals surface area contributed by atoms with Crippen LogP contribution in [-0.2, 0) is 16.6 Å². The van der Waals surface area contributed by atoms with Crippen LogP contribution in [0.3, 0.4) is 0 Å². The first-order valence-corrected chi connectivity index (χ1v) is 8.71. The molecule has 0 spiro atoms. The van der Waals surface area contributed by atoms with E-state index in [0.717, 1.165) is 11.3 Å². The molecule has 2 aromatic carbocycles. The lowest BCUT2D eigenvalue weighted by Crippen LogP contribution is -2.26. The molecule has 0 bridgehead atoms. The minimum absolute atomic E-state index is 0.0153. The minimum Gasteiger partial charge on any atom is -0.494 e. The molecule has 0 heterocycles. The van der Waals surface area contributed by atoms with Crippen molar-refractivity contribution in [1.29, 1.82) is 0 Å². The van der Waals surface area contributed by atoms with Crippen molar-refractivity contribution < 1.29 is 18.1 Å². The lowest BCUT2D eigenvalue weighted by Gasteiger charge is -2.17. The van der Waals surface area contributed by atoms with Crippen molar-refractivity contribution in [3.63, 3.8) is 0 Å². The third kappa shape index (κ3) is 4.09. The standard InChI is InChI=1S/C16H18N2O5S/c1-3-23-15-8-4-13(5-9-15)12-17(2)24(21,22)16-10-6-14(7-11-16)18(19)20/h4-11H,3,12H2,1-2H3. The van der Waals surface area contributed by atoms with E-state index in [1.807, 2.05) is 6.92 Å². The quantitative estimate of drug-likeness (QED) is 0.566. The van der Waals surface area contributed by atoms with E-state index >= 15 is 0 Å². The zero-order valence-electron chi connectivity index (χ0n) is 13.4. The van der Waals surface area contributed by atoms with Crippen molar-refractivity contribution in [1.82, 2.24) is 4.31 Å². The number of nitro benzene ring substituents is 1. The maximum Gasteiger partial charge on any atom is 0.269 e. The second-order valence-electron chi connectivity index (χ2n) is 5.09. The molecular weight excluding hydrogens is 332 g/mol. The Balaban J connectivity index is 2.14. The summed E-state index contributed by atoms with van der Waals surface area (Å²) < 4.78 is 31.6. The van der Waals surface area contributed by atoms with Gasteiger partial charge in [-0.3, -0.25) is 10.1 Å². The summed E-state index contributed by atoms with van der Waals surface area (Å²) in [6, 6.07) is 12.0. The molecule has 2 aromatic rings. The van der Waals surface area contributed by atoms with E-state index in [2.05, 4.69) is 0 Å². The SMILES string of the molecule is CCOc1ccc(CN(C)S(=O)(=O)c2ccc([N+](=O)[O-])cc2)cc1. The molecule has 0 unspecified atom stereocenters. The molecule has 7 nitrogen and oxygen atoms in total. The van der Waals surface area contributed by atoms with Crippen LogP contribution in [0.1, 0.15) is 12.5 Å². The Morgan fingerprint density at radius 1 is 1.08 bits per heavy atom. The smallest absolute Gasteiger partial charge is 0.269 e. The second kappa shape index (κ2) is 7.41. The van der Waals surface area contributed by atoms with Gasteiger partial charge in [0.05, 0.1) is 16.4 Å². The van der Waals surface area contributed by atoms with Gasteiger partial charge in [0.25, 0.3) is 5.69 Å². The topological polar surface area (TPSA) is 89.8 Å². The van der Waals surface area contributed by atoms with E-state index in [-0.39, 0.29) is 17.1 Å². The van der Waals surface area contributed by atoms with Gasteiger partial charge in [-0.15, -0.1) is 0 Å². The number of sulfonamides is 1. The van der Waals surface area contributed by atoms with Gasteiger partial charge in [0.1, 0.15) is 5.75 Å². The number of rotatable bonds is 7. The molecule has 0 atom stereocenters. The summed E-state index contributed by atoms with van der Waals surface area (Å²) in [5.74, 6) is 0.724. The van der Waals surface area contributed by atoms with Gasteiger partial charge >= 0.3 is 0 Å². The van der Waals surface area contributed by atoms with Crippen LogP contribution in [0.4, 0.5) is 5.69 Å². The number of non-ortho nitro benzene ring substituents is 1. The normalized spacial score (nSPS) is 11.5. The Hall–Kier alpha value is -2.45. The molecule has 24 heavy (non-hydrogen) atoms. The summed E-state index contributed by atoms with van der Waals surface area (Å²) in [5, 5.41) is 10.6. The predicted molar refractivity (Wildman–Crippen MR) is 89.4 cm³/mol. The molecule has 128 valence electrons.